The quantitative estimate of drug-likeness (QED) is 0.914. The highest BCUT2D eigenvalue weighted by Gasteiger charge is 2.42. The van der Waals surface area contributed by atoms with Gasteiger partial charge in [0.15, 0.2) is 0 Å². The molecule has 114 valence electrons. The second-order valence-electron chi connectivity index (χ2n) is 7.55. The molecule has 0 radical (unpaired) electrons. The lowest BCUT2D eigenvalue weighted by molar-refractivity contribution is -0.0586. The molecule has 2 atom stereocenters. The van der Waals surface area contributed by atoms with E-state index in [0.29, 0.717) is 5.92 Å². The van der Waals surface area contributed by atoms with Gasteiger partial charge in [0.25, 0.3) is 0 Å². The molecule has 0 saturated heterocycles. The van der Waals surface area contributed by atoms with Gasteiger partial charge in [-0.3, -0.25) is 4.68 Å². The minimum atomic E-state index is -0.570. The van der Waals surface area contributed by atoms with Gasteiger partial charge in [0.05, 0.1) is 11.3 Å². The Labute approximate surface area is 123 Å². The molecule has 3 nitrogen and oxygen atoms in total. The van der Waals surface area contributed by atoms with Crippen LogP contribution in [0.4, 0.5) is 0 Å². The summed E-state index contributed by atoms with van der Waals surface area (Å²) in [5, 5.41) is 15.7. The van der Waals surface area contributed by atoms with Crippen LogP contribution in [-0.2, 0) is 19.4 Å². The van der Waals surface area contributed by atoms with Gasteiger partial charge in [0.1, 0.15) is 0 Å². The van der Waals surface area contributed by atoms with Crippen LogP contribution in [0, 0.1) is 11.3 Å². The number of rotatable bonds is 4. The normalized spacial score (nSPS) is 29.6. The van der Waals surface area contributed by atoms with Crippen LogP contribution in [0.1, 0.15) is 65.3 Å². The van der Waals surface area contributed by atoms with E-state index in [1.807, 2.05) is 0 Å². The Bertz CT molecular complexity index is 464. The van der Waals surface area contributed by atoms with Crippen molar-refractivity contribution in [1.82, 2.24) is 9.78 Å². The Morgan fingerprint density at radius 1 is 1.35 bits per heavy atom. The summed E-state index contributed by atoms with van der Waals surface area (Å²) in [6.07, 6.45) is 4.71. The minimum absolute atomic E-state index is 0.233. The molecule has 1 aliphatic carbocycles. The second-order valence-corrected chi connectivity index (χ2v) is 7.55. The highest BCUT2D eigenvalue weighted by atomic mass is 16.3. The van der Waals surface area contributed by atoms with Crippen molar-refractivity contribution in [2.75, 3.05) is 0 Å². The SMILES string of the molecule is CCc1cc(CC2(O)CC(C)CC(C)(C)C2)n(CC)n1. The number of aryl methyl sites for hydroxylation is 2. The zero-order chi connectivity index (χ0) is 15.0. The van der Waals surface area contributed by atoms with E-state index in [2.05, 4.69) is 50.5 Å². The fraction of sp³-hybridized carbons (Fsp3) is 0.824. The Hall–Kier alpha value is -0.830. The zero-order valence-corrected chi connectivity index (χ0v) is 13.7. The van der Waals surface area contributed by atoms with Gasteiger partial charge in [-0.25, -0.2) is 0 Å². The summed E-state index contributed by atoms with van der Waals surface area (Å²) in [4.78, 5) is 0. The fourth-order valence-corrected chi connectivity index (χ4v) is 4.27. The molecule has 1 N–H and O–H groups in total. The molecule has 0 amide bonds. The molecule has 1 aliphatic rings. The first kappa shape index (κ1) is 15.6. The van der Waals surface area contributed by atoms with Crippen molar-refractivity contribution in [3.05, 3.63) is 17.5 Å². The molecule has 2 rings (SSSR count). The molecular formula is C17H30N2O. The molecular weight excluding hydrogens is 248 g/mol. The van der Waals surface area contributed by atoms with Crippen LogP contribution in [0.25, 0.3) is 0 Å². The predicted octanol–water partition coefficient (Wildman–Crippen LogP) is 3.59. The van der Waals surface area contributed by atoms with Crippen LogP contribution < -0.4 is 0 Å². The van der Waals surface area contributed by atoms with E-state index >= 15 is 0 Å². The van der Waals surface area contributed by atoms with Gasteiger partial charge in [-0.05, 0) is 50.0 Å². The van der Waals surface area contributed by atoms with E-state index in [1.54, 1.807) is 0 Å². The third kappa shape index (κ3) is 3.43. The van der Waals surface area contributed by atoms with E-state index in [9.17, 15) is 5.11 Å². The van der Waals surface area contributed by atoms with Crippen molar-refractivity contribution in [3.8, 4) is 0 Å². The first-order valence-electron chi connectivity index (χ1n) is 8.05. The lowest BCUT2D eigenvalue weighted by atomic mass is 9.64. The number of hydrogen-bond acceptors (Lipinski definition) is 2. The number of aromatic nitrogens is 2. The van der Waals surface area contributed by atoms with Crippen molar-refractivity contribution in [3.63, 3.8) is 0 Å². The number of nitrogens with zero attached hydrogens (tertiary/aromatic N) is 2. The topological polar surface area (TPSA) is 38.0 Å². The van der Waals surface area contributed by atoms with Gasteiger partial charge in [-0.2, -0.15) is 5.10 Å². The minimum Gasteiger partial charge on any atom is -0.389 e. The third-order valence-electron chi connectivity index (χ3n) is 4.52. The van der Waals surface area contributed by atoms with Gasteiger partial charge in [-0.1, -0.05) is 27.7 Å². The second kappa shape index (κ2) is 5.51. The molecule has 1 heterocycles. The van der Waals surface area contributed by atoms with Gasteiger partial charge in [0, 0.05) is 18.7 Å². The van der Waals surface area contributed by atoms with Crippen LogP contribution in [0.3, 0.4) is 0 Å². The Balaban J connectivity index is 2.21. The Morgan fingerprint density at radius 2 is 2.05 bits per heavy atom. The predicted molar refractivity (Wildman–Crippen MR) is 82.7 cm³/mol. The van der Waals surface area contributed by atoms with Crippen LogP contribution in [0.2, 0.25) is 0 Å². The Kier molecular flexibility index (Phi) is 4.29. The van der Waals surface area contributed by atoms with Crippen molar-refractivity contribution < 1.29 is 5.11 Å². The van der Waals surface area contributed by atoms with E-state index in [0.717, 1.165) is 37.9 Å². The third-order valence-corrected chi connectivity index (χ3v) is 4.52. The average Bonchev–Trinajstić information content (AvgIpc) is 2.67. The maximum absolute atomic E-state index is 11.1. The molecule has 1 aromatic heterocycles. The van der Waals surface area contributed by atoms with E-state index < -0.39 is 5.60 Å². The molecule has 1 aromatic rings. The summed E-state index contributed by atoms with van der Waals surface area (Å²) < 4.78 is 2.06. The smallest absolute Gasteiger partial charge is 0.0710 e. The lowest BCUT2D eigenvalue weighted by Gasteiger charge is -2.44. The molecule has 1 fully saturated rings. The maximum Gasteiger partial charge on any atom is 0.0710 e. The summed E-state index contributed by atoms with van der Waals surface area (Å²) >= 11 is 0. The average molecular weight is 278 g/mol. The van der Waals surface area contributed by atoms with Crippen LogP contribution in [0.15, 0.2) is 6.07 Å². The van der Waals surface area contributed by atoms with Gasteiger partial charge < -0.3 is 5.11 Å². The van der Waals surface area contributed by atoms with Crippen molar-refractivity contribution in [1.29, 1.82) is 0 Å². The zero-order valence-electron chi connectivity index (χ0n) is 13.7. The molecule has 3 heteroatoms. The highest BCUT2D eigenvalue weighted by molar-refractivity contribution is 5.14. The summed E-state index contributed by atoms with van der Waals surface area (Å²) in [5.41, 5.74) is 1.99. The van der Waals surface area contributed by atoms with Gasteiger partial charge in [-0.15, -0.1) is 0 Å². The van der Waals surface area contributed by atoms with Gasteiger partial charge in [0.2, 0.25) is 0 Å². The van der Waals surface area contributed by atoms with Crippen LogP contribution in [-0.4, -0.2) is 20.5 Å². The molecule has 0 spiro atoms. The van der Waals surface area contributed by atoms with Crippen LogP contribution >= 0.6 is 0 Å². The molecule has 0 aliphatic heterocycles. The van der Waals surface area contributed by atoms with E-state index in [1.165, 1.54) is 12.1 Å². The van der Waals surface area contributed by atoms with Crippen LogP contribution in [0.5, 0.6) is 0 Å². The number of aliphatic hydroxyl groups is 1. The lowest BCUT2D eigenvalue weighted by Crippen LogP contribution is -2.44. The molecule has 0 bridgehead atoms. The summed E-state index contributed by atoms with van der Waals surface area (Å²) in [6, 6.07) is 2.17. The van der Waals surface area contributed by atoms with E-state index in [4.69, 9.17) is 0 Å². The molecule has 0 aromatic carbocycles. The van der Waals surface area contributed by atoms with E-state index in [-0.39, 0.29) is 5.41 Å². The van der Waals surface area contributed by atoms with Crippen molar-refractivity contribution in [2.24, 2.45) is 11.3 Å². The van der Waals surface area contributed by atoms with Gasteiger partial charge >= 0.3 is 0 Å². The van der Waals surface area contributed by atoms with Crippen molar-refractivity contribution in [2.45, 2.75) is 78.9 Å². The van der Waals surface area contributed by atoms with Crippen molar-refractivity contribution >= 4 is 0 Å². The number of hydrogen-bond donors (Lipinski definition) is 1. The monoisotopic (exact) mass is 278 g/mol. The Morgan fingerprint density at radius 3 is 2.60 bits per heavy atom. The first-order valence-corrected chi connectivity index (χ1v) is 8.05. The molecule has 1 saturated carbocycles. The molecule has 20 heavy (non-hydrogen) atoms. The highest BCUT2D eigenvalue weighted by Crippen LogP contribution is 2.45. The largest absolute Gasteiger partial charge is 0.389 e. The first-order chi connectivity index (χ1) is 9.27. The summed E-state index contributed by atoms with van der Waals surface area (Å²) in [7, 11) is 0. The standard InChI is InChI=1S/C17H30N2O/c1-6-14-8-15(19(7-2)18-14)11-17(20)10-13(3)9-16(4,5)12-17/h8,13,20H,6-7,9-12H2,1-5H3. The summed E-state index contributed by atoms with van der Waals surface area (Å²) in [6.45, 7) is 12.0. The fourth-order valence-electron chi connectivity index (χ4n) is 4.27. The summed E-state index contributed by atoms with van der Waals surface area (Å²) in [5.74, 6) is 0.590. The maximum atomic E-state index is 11.1. The molecule has 2 unspecified atom stereocenters.